The normalized spacial score (nSPS) is 10.8. The minimum absolute atomic E-state index is 0.739. The van der Waals surface area contributed by atoms with Gasteiger partial charge in [0.25, 0.3) is 0 Å². The van der Waals surface area contributed by atoms with Gasteiger partial charge in [0.1, 0.15) is 5.75 Å². The van der Waals surface area contributed by atoms with Crippen molar-refractivity contribution in [1.29, 1.82) is 0 Å². The summed E-state index contributed by atoms with van der Waals surface area (Å²) in [7, 11) is 1.71. The summed E-state index contributed by atoms with van der Waals surface area (Å²) in [5, 5.41) is 3.50. The molecule has 0 heterocycles. The van der Waals surface area contributed by atoms with Gasteiger partial charge >= 0.3 is 0 Å². The first-order chi connectivity index (χ1) is 12.7. The molecular formula is C24H27NO. The van der Waals surface area contributed by atoms with Crippen molar-refractivity contribution in [3.05, 3.63) is 78.4 Å². The van der Waals surface area contributed by atoms with E-state index in [-0.39, 0.29) is 0 Å². The van der Waals surface area contributed by atoms with Crippen LogP contribution in [0.2, 0.25) is 0 Å². The molecular weight excluding hydrogens is 318 g/mol. The van der Waals surface area contributed by atoms with Crippen molar-refractivity contribution in [3.8, 4) is 16.9 Å². The van der Waals surface area contributed by atoms with Crippen LogP contribution in [-0.2, 0) is 6.42 Å². The molecule has 134 valence electrons. The van der Waals surface area contributed by atoms with Crippen molar-refractivity contribution in [3.63, 3.8) is 0 Å². The highest BCUT2D eigenvalue weighted by atomic mass is 16.5. The molecule has 0 fully saturated rings. The number of hydrogen-bond acceptors (Lipinski definition) is 2. The smallest absolute Gasteiger partial charge is 0.126 e. The van der Waals surface area contributed by atoms with E-state index >= 15 is 0 Å². The largest absolute Gasteiger partial charge is 0.496 e. The van der Waals surface area contributed by atoms with Gasteiger partial charge < -0.3 is 10.1 Å². The number of rotatable bonds is 7. The highest BCUT2D eigenvalue weighted by Crippen LogP contribution is 2.33. The lowest BCUT2D eigenvalue weighted by Crippen LogP contribution is -1.95. The molecule has 3 aromatic rings. The van der Waals surface area contributed by atoms with E-state index in [0.717, 1.165) is 40.6 Å². The number of anilines is 2. The summed E-state index contributed by atoms with van der Waals surface area (Å²) in [4.78, 5) is 0. The van der Waals surface area contributed by atoms with Crippen LogP contribution >= 0.6 is 0 Å². The van der Waals surface area contributed by atoms with Crippen molar-refractivity contribution >= 4 is 11.4 Å². The maximum absolute atomic E-state index is 5.54. The van der Waals surface area contributed by atoms with Crippen LogP contribution in [0.5, 0.6) is 5.75 Å². The van der Waals surface area contributed by atoms with Crippen LogP contribution in [-0.4, -0.2) is 7.11 Å². The minimum atomic E-state index is 0.739. The first-order valence-corrected chi connectivity index (χ1v) is 9.25. The van der Waals surface area contributed by atoms with Gasteiger partial charge in [-0.2, -0.15) is 0 Å². The van der Waals surface area contributed by atoms with Crippen molar-refractivity contribution < 1.29 is 4.74 Å². The van der Waals surface area contributed by atoms with Crippen LogP contribution in [0, 0.1) is 5.92 Å². The highest BCUT2D eigenvalue weighted by molar-refractivity contribution is 5.76. The van der Waals surface area contributed by atoms with Crippen molar-refractivity contribution in [1.82, 2.24) is 0 Å². The summed E-state index contributed by atoms with van der Waals surface area (Å²) in [6.07, 6.45) is 2.37. The Balaban J connectivity index is 1.78. The molecule has 0 atom stereocenters. The van der Waals surface area contributed by atoms with Gasteiger partial charge in [-0.15, -0.1) is 0 Å². The van der Waals surface area contributed by atoms with Gasteiger partial charge in [0, 0.05) is 16.9 Å². The molecule has 0 saturated heterocycles. The number of nitrogens with one attached hydrogen (secondary N) is 1. The Kier molecular flexibility index (Phi) is 5.96. The summed E-state index contributed by atoms with van der Waals surface area (Å²) < 4.78 is 5.54. The van der Waals surface area contributed by atoms with Crippen molar-refractivity contribution in [2.45, 2.75) is 26.7 Å². The number of ether oxygens (including phenoxy) is 1. The van der Waals surface area contributed by atoms with Gasteiger partial charge in [-0.25, -0.2) is 0 Å². The average molecular weight is 345 g/mol. The zero-order valence-electron chi connectivity index (χ0n) is 15.8. The number of aryl methyl sites for hydroxylation is 1. The van der Waals surface area contributed by atoms with Gasteiger partial charge in [-0.05, 0) is 60.2 Å². The summed E-state index contributed by atoms with van der Waals surface area (Å²) in [5.74, 6) is 1.62. The molecule has 3 aromatic carbocycles. The first-order valence-electron chi connectivity index (χ1n) is 9.25. The molecule has 0 amide bonds. The van der Waals surface area contributed by atoms with E-state index in [4.69, 9.17) is 4.74 Å². The van der Waals surface area contributed by atoms with Gasteiger partial charge in [-0.1, -0.05) is 56.3 Å². The Morgan fingerprint density at radius 3 is 2.19 bits per heavy atom. The summed E-state index contributed by atoms with van der Waals surface area (Å²) in [5.41, 5.74) is 5.79. The highest BCUT2D eigenvalue weighted by Gasteiger charge is 2.07. The third kappa shape index (κ3) is 4.66. The van der Waals surface area contributed by atoms with E-state index in [1.807, 2.05) is 24.3 Å². The third-order valence-corrected chi connectivity index (χ3v) is 4.54. The fourth-order valence-electron chi connectivity index (χ4n) is 3.01. The minimum Gasteiger partial charge on any atom is -0.496 e. The Bertz CT molecular complexity index is 823. The van der Waals surface area contributed by atoms with Crippen LogP contribution in [0.3, 0.4) is 0 Å². The fourth-order valence-corrected chi connectivity index (χ4v) is 3.01. The molecule has 26 heavy (non-hydrogen) atoms. The average Bonchev–Trinajstić information content (AvgIpc) is 2.68. The second-order valence-corrected chi connectivity index (χ2v) is 7.04. The lowest BCUT2D eigenvalue weighted by atomic mass is 10.0. The second kappa shape index (κ2) is 8.57. The zero-order valence-corrected chi connectivity index (χ0v) is 15.8. The van der Waals surface area contributed by atoms with E-state index in [1.165, 1.54) is 12.0 Å². The topological polar surface area (TPSA) is 21.3 Å². The van der Waals surface area contributed by atoms with E-state index in [9.17, 15) is 0 Å². The van der Waals surface area contributed by atoms with Crippen LogP contribution in [0.1, 0.15) is 25.8 Å². The summed E-state index contributed by atoms with van der Waals surface area (Å²) >= 11 is 0. The molecule has 1 N–H and O–H groups in total. The summed E-state index contributed by atoms with van der Waals surface area (Å²) in [6.45, 7) is 4.54. The molecule has 2 heteroatoms. The van der Waals surface area contributed by atoms with E-state index < -0.39 is 0 Å². The molecule has 3 rings (SSSR count). The maximum Gasteiger partial charge on any atom is 0.126 e. The predicted molar refractivity (Wildman–Crippen MR) is 111 cm³/mol. The van der Waals surface area contributed by atoms with Gasteiger partial charge in [-0.3, -0.25) is 0 Å². The molecule has 0 unspecified atom stereocenters. The third-order valence-electron chi connectivity index (χ3n) is 4.54. The maximum atomic E-state index is 5.54. The molecule has 0 spiro atoms. The Hall–Kier alpha value is -2.74. The fraction of sp³-hybridized carbons (Fsp3) is 0.250. The number of hydrogen-bond donors (Lipinski definition) is 1. The molecule has 0 saturated carbocycles. The molecule has 0 aliphatic rings. The van der Waals surface area contributed by atoms with Crippen molar-refractivity contribution in [2.24, 2.45) is 5.92 Å². The van der Waals surface area contributed by atoms with E-state index in [0.29, 0.717) is 0 Å². The first kappa shape index (κ1) is 18.1. The molecule has 0 aliphatic carbocycles. The summed E-state index contributed by atoms with van der Waals surface area (Å²) in [6, 6.07) is 25.3. The molecule has 0 bridgehead atoms. The lowest BCUT2D eigenvalue weighted by molar-refractivity contribution is 0.416. The van der Waals surface area contributed by atoms with Gasteiger partial charge in [0.05, 0.1) is 7.11 Å². The second-order valence-electron chi connectivity index (χ2n) is 7.04. The molecule has 0 radical (unpaired) electrons. The van der Waals surface area contributed by atoms with Crippen LogP contribution in [0.4, 0.5) is 11.4 Å². The number of methoxy groups -OCH3 is 1. The zero-order chi connectivity index (χ0) is 18.4. The Labute approximate surface area is 156 Å². The van der Waals surface area contributed by atoms with E-state index in [1.54, 1.807) is 7.11 Å². The molecule has 2 nitrogen and oxygen atoms in total. The van der Waals surface area contributed by atoms with Crippen molar-refractivity contribution in [2.75, 3.05) is 12.4 Å². The standard InChI is InChI=1S/C24H27NO/c1-18(2)9-10-19-11-13-21(14-12-19)25-22-15-16-24(26-3)23(17-22)20-7-5-4-6-8-20/h4-8,11-18,25H,9-10H2,1-3H3. The van der Waals surface area contributed by atoms with Crippen LogP contribution < -0.4 is 10.1 Å². The Morgan fingerprint density at radius 2 is 1.54 bits per heavy atom. The predicted octanol–water partition coefficient (Wildman–Crippen LogP) is 6.69. The molecule has 0 aliphatic heterocycles. The Morgan fingerprint density at radius 1 is 0.846 bits per heavy atom. The SMILES string of the molecule is COc1ccc(Nc2ccc(CCC(C)C)cc2)cc1-c1ccccc1. The quantitative estimate of drug-likeness (QED) is 0.515. The van der Waals surface area contributed by atoms with Crippen LogP contribution in [0.25, 0.3) is 11.1 Å². The number of benzene rings is 3. The van der Waals surface area contributed by atoms with E-state index in [2.05, 4.69) is 67.7 Å². The van der Waals surface area contributed by atoms with Crippen LogP contribution in [0.15, 0.2) is 72.8 Å². The lowest BCUT2D eigenvalue weighted by Gasteiger charge is -2.13. The monoisotopic (exact) mass is 345 g/mol. The van der Waals surface area contributed by atoms with Gasteiger partial charge in [0.2, 0.25) is 0 Å². The molecule has 0 aromatic heterocycles. The van der Waals surface area contributed by atoms with Gasteiger partial charge in [0.15, 0.2) is 0 Å².